The molecule has 0 saturated carbocycles. The van der Waals surface area contributed by atoms with Gasteiger partial charge in [-0.2, -0.15) is 0 Å². The molecule has 7 nitrogen and oxygen atoms in total. The van der Waals surface area contributed by atoms with Crippen molar-refractivity contribution in [3.63, 3.8) is 0 Å². The number of amides is 2. The lowest BCUT2D eigenvalue weighted by atomic mass is 10.1. The second kappa shape index (κ2) is 15.2. The Balaban J connectivity index is 2.26. The molecule has 0 unspecified atom stereocenters. The summed E-state index contributed by atoms with van der Waals surface area (Å²) in [5, 5.41) is 4.20. The fourth-order valence-electron chi connectivity index (χ4n) is 3.92. The van der Waals surface area contributed by atoms with Gasteiger partial charge in [-0.3, -0.25) is 13.9 Å². The van der Waals surface area contributed by atoms with Crippen LogP contribution in [0.15, 0.2) is 36.4 Å². The molecule has 2 amide bonds. The molecule has 0 radical (unpaired) electrons. The molecule has 0 aliphatic rings. The second-order valence-corrected chi connectivity index (χ2v) is 12.4. The third-order valence-electron chi connectivity index (χ3n) is 5.88. The molecular formula is C26H33Cl4N3O4S. The number of hydrogen-bond acceptors (Lipinski definition) is 4. The van der Waals surface area contributed by atoms with Crippen molar-refractivity contribution in [3.05, 3.63) is 62.1 Å². The third kappa shape index (κ3) is 9.49. The summed E-state index contributed by atoms with van der Waals surface area (Å²) < 4.78 is 26.2. The van der Waals surface area contributed by atoms with Crippen LogP contribution in [0.3, 0.4) is 0 Å². The Morgan fingerprint density at radius 3 is 2.24 bits per heavy atom. The average Bonchev–Trinajstić information content (AvgIpc) is 2.85. The highest BCUT2D eigenvalue weighted by Crippen LogP contribution is 2.31. The summed E-state index contributed by atoms with van der Waals surface area (Å²) in [6, 6.07) is 8.91. The van der Waals surface area contributed by atoms with Crippen molar-refractivity contribution in [2.45, 2.75) is 58.5 Å². The monoisotopic (exact) mass is 623 g/mol. The van der Waals surface area contributed by atoms with Crippen molar-refractivity contribution in [3.8, 4) is 0 Å². The normalized spacial score (nSPS) is 12.2. The van der Waals surface area contributed by atoms with E-state index in [0.717, 1.165) is 29.0 Å². The number of anilines is 1. The summed E-state index contributed by atoms with van der Waals surface area (Å²) in [5.74, 6) is -0.531. The molecule has 2 aromatic carbocycles. The van der Waals surface area contributed by atoms with Crippen LogP contribution in [0.25, 0.3) is 0 Å². The summed E-state index contributed by atoms with van der Waals surface area (Å²) in [6.07, 6.45) is 3.42. The van der Waals surface area contributed by atoms with Gasteiger partial charge in [0.1, 0.15) is 6.04 Å². The predicted molar refractivity (Wildman–Crippen MR) is 157 cm³/mol. The van der Waals surface area contributed by atoms with E-state index in [0.29, 0.717) is 28.0 Å². The molecule has 12 heteroatoms. The van der Waals surface area contributed by atoms with Crippen LogP contribution in [0, 0.1) is 0 Å². The van der Waals surface area contributed by atoms with Crippen LogP contribution >= 0.6 is 46.4 Å². The smallest absolute Gasteiger partial charge is 0.242 e. The van der Waals surface area contributed by atoms with Crippen LogP contribution in [0.5, 0.6) is 0 Å². The van der Waals surface area contributed by atoms with E-state index >= 15 is 0 Å². The molecule has 2 rings (SSSR count). The number of nitrogens with zero attached hydrogens (tertiary/aromatic N) is 2. The molecule has 0 spiro atoms. The van der Waals surface area contributed by atoms with Crippen molar-refractivity contribution in [1.82, 2.24) is 10.2 Å². The minimum absolute atomic E-state index is 0.00423. The fraction of sp³-hybridized carbons (Fsp3) is 0.462. The lowest BCUT2D eigenvalue weighted by Gasteiger charge is -2.31. The first-order chi connectivity index (χ1) is 17.9. The summed E-state index contributed by atoms with van der Waals surface area (Å²) in [7, 11) is -3.71. The van der Waals surface area contributed by atoms with Gasteiger partial charge in [-0.15, -0.1) is 0 Å². The van der Waals surface area contributed by atoms with Crippen molar-refractivity contribution >= 4 is 73.9 Å². The highest BCUT2D eigenvalue weighted by Gasteiger charge is 2.29. The van der Waals surface area contributed by atoms with E-state index in [9.17, 15) is 18.0 Å². The maximum atomic E-state index is 13.5. The Labute approximate surface area is 245 Å². The van der Waals surface area contributed by atoms with Gasteiger partial charge in [0.2, 0.25) is 21.8 Å². The third-order valence-corrected chi connectivity index (χ3v) is 8.36. The maximum absolute atomic E-state index is 13.5. The lowest BCUT2D eigenvalue weighted by molar-refractivity contribution is -0.141. The quantitative estimate of drug-likeness (QED) is 0.241. The molecule has 0 bridgehead atoms. The molecule has 210 valence electrons. The molecule has 1 atom stereocenters. The first-order valence-electron chi connectivity index (χ1n) is 12.3. The van der Waals surface area contributed by atoms with Gasteiger partial charge in [0.15, 0.2) is 0 Å². The highest BCUT2D eigenvalue weighted by atomic mass is 35.5. The number of benzene rings is 2. The van der Waals surface area contributed by atoms with Gasteiger partial charge in [-0.1, -0.05) is 72.7 Å². The molecule has 0 fully saturated rings. The zero-order chi connectivity index (χ0) is 28.5. The van der Waals surface area contributed by atoms with Crippen LogP contribution in [0.1, 0.15) is 51.5 Å². The Kier molecular flexibility index (Phi) is 13.0. The van der Waals surface area contributed by atoms with Gasteiger partial charge in [0.05, 0.1) is 27.0 Å². The number of hydrogen-bond donors (Lipinski definition) is 1. The van der Waals surface area contributed by atoms with E-state index in [1.165, 1.54) is 17.0 Å². The fourth-order valence-corrected chi connectivity index (χ4v) is 5.65. The van der Waals surface area contributed by atoms with E-state index in [-0.39, 0.29) is 48.5 Å². The number of sulfonamides is 1. The topological polar surface area (TPSA) is 86.8 Å². The van der Waals surface area contributed by atoms with Crippen LogP contribution in [0.2, 0.25) is 20.1 Å². The number of carbonyl (C=O) groups excluding carboxylic acids is 2. The molecule has 0 aromatic heterocycles. The largest absolute Gasteiger partial charge is 0.354 e. The average molecular weight is 625 g/mol. The van der Waals surface area contributed by atoms with Gasteiger partial charge < -0.3 is 10.2 Å². The molecule has 0 heterocycles. The van der Waals surface area contributed by atoms with E-state index in [4.69, 9.17) is 46.4 Å². The minimum atomic E-state index is -3.71. The molecule has 2 aromatic rings. The summed E-state index contributed by atoms with van der Waals surface area (Å²) >= 11 is 24.5. The summed E-state index contributed by atoms with van der Waals surface area (Å²) in [6.45, 7) is 4.53. The lowest BCUT2D eigenvalue weighted by Crippen LogP contribution is -2.49. The molecular weight excluding hydrogens is 592 g/mol. The van der Waals surface area contributed by atoms with Crippen molar-refractivity contribution < 1.29 is 18.0 Å². The van der Waals surface area contributed by atoms with Crippen molar-refractivity contribution in [1.29, 1.82) is 0 Å². The highest BCUT2D eigenvalue weighted by molar-refractivity contribution is 7.92. The Hall–Kier alpha value is -1.71. The summed E-state index contributed by atoms with van der Waals surface area (Å²) in [5.41, 5.74) is 0.958. The van der Waals surface area contributed by atoms with Crippen LogP contribution in [-0.4, -0.2) is 50.5 Å². The van der Waals surface area contributed by atoms with Crippen LogP contribution in [-0.2, 0) is 26.2 Å². The Morgan fingerprint density at radius 1 is 0.947 bits per heavy atom. The van der Waals surface area contributed by atoms with Crippen LogP contribution < -0.4 is 9.62 Å². The van der Waals surface area contributed by atoms with Gasteiger partial charge >= 0.3 is 0 Å². The van der Waals surface area contributed by atoms with E-state index < -0.39 is 16.1 Å². The Morgan fingerprint density at radius 2 is 1.63 bits per heavy atom. The van der Waals surface area contributed by atoms with E-state index in [2.05, 4.69) is 5.32 Å². The van der Waals surface area contributed by atoms with E-state index in [1.807, 2.05) is 13.8 Å². The standard InChI is InChI=1S/C26H33Cl4N3O4S/c1-4-6-13-31-26(35)23(5-2)32(17-18-9-11-20(28)22(30)15-18)25(34)8-7-14-33(38(3,36)37)24-16-19(27)10-12-21(24)29/h9-12,15-16,23H,4-8,13-14,17H2,1-3H3,(H,31,35)/t23-/m0/s1. The Bertz CT molecular complexity index is 1230. The number of carbonyl (C=O) groups is 2. The number of halogens is 4. The zero-order valence-corrected chi connectivity index (χ0v) is 25.5. The molecule has 0 aliphatic heterocycles. The SMILES string of the molecule is CCCCNC(=O)[C@H](CC)N(Cc1ccc(Cl)c(Cl)c1)C(=O)CCCN(c1cc(Cl)ccc1Cl)S(C)(=O)=O. The van der Waals surface area contributed by atoms with E-state index in [1.54, 1.807) is 24.3 Å². The maximum Gasteiger partial charge on any atom is 0.242 e. The molecule has 0 aliphatic carbocycles. The van der Waals surface area contributed by atoms with Gasteiger partial charge in [-0.25, -0.2) is 8.42 Å². The zero-order valence-electron chi connectivity index (χ0n) is 21.6. The molecule has 38 heavy (non-hydrogen) atoms. The first-order valence-corrected chi connectivity index (χ1v) is 15.7. The molecule has 1 N–H and O–H groups in total. The predicted octanol–water partition coefficient (Wildman–Crippen LogP) is 6.57. The number of nitrogens with one attached hydrogen (secondary N) is 1. The minimum Gasteiger partial charge on any atom is -0.354 e. The summed E-state index contributed by atoms with van der Waals surface area (Å²) in [4.78, 5) is 28.0. The van der Waals surface area contributed by atoms with Crippen molar-refractivity contribution in [2.24, 2.45) is 0 Å². The van der Waals surface area contributed by atoms with Gasteiger partial charge in [-0.05, 0) is 55.2 Å². The second-order valence-electron chi connectivity index (χ2n) is 8.87. The van der Waals surface area contributed by atoms with Gasteiger partial charge in [0, 0.05) is 31.1 Å². The van der Waals surface area contributed by atoms with Gasteiger partial charge in [0.25, 0.3) is 0 Å². The number of unbranched alkanes of at least 4 members (excludes halogenated alkanes) is 1. The number of rotatable bonds is 14. The van der Waals surface area contributed by atoms with Crippen LogP contribution in [0.4, 0.5) is 5.69 Å². The first kappa shape index (κ1) is 32.5. The van der Waals surface area contributed by atoms with Crippen molar-refractivity contribution in [2.75, 3.05) is 23.7 Å². The molecule has 0 saturated heterocycles.